The summed E-state index contributed by atoms with van der Waals surface area (Å²) in [7, 11) is 0. The van der Waals surface area contributed by atoms with Crippen LogP contribution >= 0.6 is 22.7 Å². The van der Waals surface area contributed by atoms with Crippen LogP contribution in [0.4, 0.5) is 0 Å². The van der Waals surface area contributed by atoms with E-state index in [0.717, 1.165) is 49.2 Å². The number of ether oxygens (including phenoxy) is 1. The lowest BCUT2D eigenvalue weighted by atomic mass is 10.2. The number of para-hydroxylation sites is 1. The van der Waals surface area contributed by atoms with Gasteiger partial charge >= 0.3 is 0 Å². The van der Waals surface area contributed by atoms with Gasteiger partial charge in [0, 0.05) is 31.6 Å². The van der Waals surface area contributed by atoms with Crippen molar-refractivity contribution in [3.8, 4) is 16.3 Å². The van der Waals surface area contributed by atoms with E-state index in [-0.39, 0.29) is 5.91 Å². The summed E-state index contributed by atoms with van der Waals surface area (Å²) in [6.45, 7) is 5.84. The second-order valence-corrected chi connectivity index (χ2v) is 8.67. The molecule has 5 nitrogen and oxygen atoms in total. The van der Waals surface area contributed by atoms with Crippen molar-refractivity contribution in [2.75, 3.05) is 26.2 Å². The monoisotopic (exact) mass is 413 g/mol. The van der Waals surface area contributed by atoms with E-state index in [0.29, 0.717) is 0 Å². The Labute approximate surface area is 173 Å². The Hall–Kier alpha value is -2.22. The highest BCUT2D eigenvalue weighted by atomic mass is 32.1. The summed E-state index contributed by atoms with van der Waals surface area (Å²) >= 11 is 3.42. The maximum absolute atomic E-state index is 12.7. The first kappa shape index (κ1) is 19.1. The van der Waals surface area contributed by atoms with E-state index in [2.05, 4.69) is 27.8 Å². The largest absolute Gasteiger partial charge is 0.481 e. The van der Waals surface area contributed by atoms with Gasteiger partial charge in [0.05, 0.1) is 17.1 Å². The quantitative estimate of drug-likeness (QED) is 0.613. The number of nitrogens with zero attached hydrogens (tertiary/aromatic N) is 3. The average molecular weight is 414 g/mol. The van der Waals surface area contributed by atoms with Gasteiger partial charge in [0.25, 0.3) is 5.91 Å². The Morgan fingerprint density at radius 1 is 1.11 bits per heavy atom. The van der Waals surface area contributed by atoms with Crippen LogP contribution < -0.4 is 4.74 Å². The van der Waals surface area contributed by atoms with E-state index in [1.807, 2.05) is 42.2 Å². The van der Waals surface area contributed by atoms with Crippen LogP contribution in [0.2, 0.25) is 0 Å². The summed E-state index contributed by atoms with van der Waals surface area (Å²) in [5, 5.41) is 5.33. The molecule has 2 aromatic heterocycles. The highest BCUT2D eigenvalue weighted by Gasteiger charge is 2.26. The molecule has 4 rings (SSSR count). The number of amides is 1. The van der Waals surface area contributed by atoms with Crippen molar-refractivity contribution in [2.45, 2.75) is 19.6 Å². The van der Waals surface area contributed by atoms with Gasteiger partial charge in [-0.15, -0.1) is 22.7 Å². The first-order chi connectivity index (χ1) is 13.7. The number of thiophene rings is 1. The van der Waals surface area contributed by atoms with Crippen molar-refractivity contribution in [3.63, 3.8) is 0 Å². The molecule has 1 aliphatic heterocycles. The molecule has 146 valence electrons. The van der Waals surface area contributed by atoms with Gasteiger partial charge in [-0.1, -0.05) is 24.3 Å². The zero-order chi connectivity index (χ0) is 19.3. The van der Waals surface area contributed by atoms with Crippen LogP contribution in [0.25, 0.3) is 10.6 Å². The molecule has 0 radical (unpaired) electrons. The third kappa shape index (κ3) is 4.60. The lowest BCUT2D eigenvalue weighted by Gasteiger charge is -2.35. The molecule has 1 amide bonds. The second kappa shape index (κ2) is 8.86. The zero-order valence-corrected chi connectivity index (χ0v) is 17.4. The molecular weight excluding hydrogens is 390 g/mol. The van der Waals surface area contributed by atoms with Gasteiger partial charge in [0.1, 0.15) is 10.8 Å². The average Bonchev–Trinajstić information content (AvgIpc) is 3.40. The number of rotatable bonds is 6. The molecule has 0 spiro atoms. The summed E-state index contributed by atoms with van der Waals surface area (Å²) in [5.41, 5.74) is 1.07. The number of piperazine rings is 1. The normalized spacial score (nSPS) is 16.1. The maximum atomic E-state index is 12.7. The SMILES string of the molecule is CC(Oc1ccccc1)C(=O)N1CCN(Cc2nc(-c3cccs3)cs2)CC1. The van der Waals surface area contributed by atoms with E-state index < -0.39 is 6.10 Å². The molecule has 1 saturated heterocycles. The molecule has 0 aliphatic carbocycles. The molecule has 7 heteroatoms. The summed E-state index contributed by atoms with van der Waals surface area (Å²) in [6.07, 6.45) is -0.471. The van der Waals surface area contributed by atoms with Crippen molar-refractivity contribution >= 4 is 28.6 Å². The number of hydrogen-bond acceptors (Lipinski definition) is 6. The van der Waals surface area contributed by atoms with Gasteiger partial charge in [0.2, 0.25) is 0 Å². The maximum Gasteiger partial charge on any atom is 0.263 e. The van der Waals surface area contributed by atoms with Crippen LogP contribution in [0.3, 0.4) is 0 Å². The third-order valence-corrected chi connectivity index (χ3v) is 6.50. The molecule has 1 fully saturated rings. The molecule has 0 saturated carbocycles. The summed E-state index contributed by atoms with van der Waals surface area (Å²) < 4.78 is 5.78. The van der Waals surface area contributed by atoms with Gasteiger partial charge in [-0.05, 0) is 30.5 Å². The van der Waals surface area contributed by atoms with Crippen LogP contribution in [-0.2, 0) is 11.3 Å². The molecule has 0 bridgehead atoms. The van der Waals surface area contributed by atoms with Crippen LogP contribution in [-0.4, -0.2) is 53.0 Å². The van der Waals surface area contributed by atoms with Crippen molar-refractivity contribution in [3.05, 3.63) is 58.2 Å². The topological polar surface area (TPSA) is 45.7 Å². The molecule has 28 heavy (non-hydrogen) atoms. The number of carbonyl (C=O) groups is 1. The zero-order valence-electron chi connectivity index (χ0n) is 15.8. The Bertz CT molecular complexity index is 888. The third-order valence-electron chi connectivity index (χ3n) is 4.77. The van der Waals surface area contributed by atoms with E-state index in [9.17, 15) is 4.79 Å². The smallest absolute Gasteiger partial charge is 0.263 e. The number of thiazole rings is 1. The van der Waals surface area contributed by atoms with E-state index in [1.165, 1.54) is 4.88 Å². The number of aromatic nitrogens is 1. The Balaban J connectivity index is 1.27. The van der Waals surface area contributed by atoms with Crippen molar-refractivity contribution < 1.29 is 9.53 Å². The fourth-order valence-corrected chi connectivity index (χ4v) is 4.85. The predicted octanol–water partition coefficient (Wildman–Crippen LogP) is 3.98. The molecule has 3 heterocycles. The Morgan fingerprint density at radius 3 is 2.61 bits per heavy atom. The molecule has 1 unspecified atom stereocenters. The van der Waals surface area contributed by atoms with Gasteiger partial charge in [-0.25, -0.2) is 4.98 Å². The van der Waals surface area contributed by atoms with Gasteiger partial charge < -0.3 is 9.64 Å². The van der Waals surface area contributed by atoms with Crippen LogP contribution in [0.5, 0.6) is 5.75 Å². The number of hydrogen-bond donors (Lipinski definition) is 0. The molecule has 0 N–H and O–H groups in total. The highest BCUT2D eigenvalue weighted by molar-refractivity contribution is 7.14. The molecular formula is C21H23N3O2S2. The highest BCUT2D eigenvalue weighted by Crippen LogP contribution is 2.26. The second-order valence-electron chi connectivity index (χ2n) is 6.78. The van der Waals surface area contributed by atoms with Crippen molar-refractivity contribution in [1.29, 1.82) is 0 Å². The molecule has 1 aromatic carbocycles. The van der Waals surface area contributed by atoms with Gasteiger partial charge in [-0.2, -0.15) is 0 Å². The Kier molecular flexibility index (Phi) is 6.04. The minimum Gasteiger partial charge on any atom is -0.481 e. The van der Waals surface area contributed by atoms with E-state index in [1.54, 1.807) is 22.7 Å². The summed E-state index contributed by atoms with van der Waals surface area (Å²) in [6, 6.07) is 13.7. The van der Waals surface area contributed by atoms with E-state index >= 15 is 0 Å². The van der Waals surface area contributed by atoms with Crippen molar-refractivity contribution in [2.24, 2.45) is 0 Å². The van der Waals surface area contributed by atoms with Crippen LogP contribution in [0.1, 0.15) is 11.9 Å². The number of benzene rings is 1. The minimum atomic E-state index is -0.471. The fourth-order valence-electron chi connectivity index (χ4n) is 3.25. The van der Waals surface area contributed by atoms with Gasteiger partial charge in [-0.3, -0.25) is 9.69 Å². The lowest BCUT2D eigenvalue weighted by molar-refractivity contribution is -0.139. The minimum absolute atomic E-state index is 0.0535. The summed E-state index contributed by atoms with van der Waals surface area (Å²) in [4.78, 5) is 22.9. The van der Waals surface area contributed by atoms with Crippen LogP contribution in [0, 0.1) is 0 Å². The molecule has 1 atom stereocenters. The first-order valence-electron chi connectivity index (χ1n) is 9.40. The van der Waals surface area contributed by atoms with Gasteiger partial charge in [0.15, 0.2) is 6.10 Å². The molecule has 3 aromatic rings. The fraction of sp³-hybridized carbons (Fsp3) is 0.333. The summed E-state index contributed by atoms with van der Waals surface area (Å²) in [5.74, 6) is 0.782. The van der Waals surface area contributed by atoms with Crippen molar-refractivity contribution in [1.82, 2.24) is 14.8 Å². The Morgan fingerprint density at radius 2 is 1.89 bits per heavy atom. The van der Waals surface area contributed by atoms with Crippen LogP contribution in [0.15, 0.2) is 53.2 Å². The predicted molar refractivity (Wildman–Crippen MR) is 114 cm³/mol. The first-order valence-corrected chi connectivity index (χ1v) is 11.2. The standard InChI is InChI=1S/C21H23N3O2S2/c1-16(26-17-6-3-2-4-7-17)21(25)24-11-9-23(10-12-24)14-20-22-18(15-28-20)19-8-5-13-27-19/h2-8,13,15-16H,9-12,14H2,1H3. The van der Waals surface area contributed by atoms with E-state index in [4.69, 9.17) is 9.72 Å². The molecule has 1 aliphatic rings. The lowest BCUT2D eigenvalue weighted by Crippen LogP contribution is -2.51. The number of carbonyl (C=O) groups excluding carboxylic acids is 1.